The third-order valence-electron chi connectivity index (χ3n) is 5.72. The predicted molar refractivity (Wildman–Crippen MR) is 96.7 cm³/mol. The molecule has 0 unspecified atom stereocenters. The number of fused-ring (bicyclic) bond motifs is 1. The van der Waals surface area contributed by atoms with Crippen LogP contribution in [0.5, 0.6) is 0 Å². The van der Waals surface area contributed by atoms with Crippen LogP contribution in [0.15, 0.2) is 18.3 Å². The van der Waals surface area contributed by atoms with Gasteiger partial charge in [-0.1, -0.05) is 0 Å². The molecule has 0 bridgehead atoms. The van der Waals surface area contributed by atoms with Gasteiger partial charge in [0.25, 0.3) is 0 Å². The molecule has 26 heavy (non-hydrogen) atoms. The number of hydrogen-bond donors (Lipinski definition) is 0. The molecule has 2 saturated heterocycles. The maximum atomic E-state index is 12.9. The van der Waals surface area contributed by atoms with Gasteiger partial charge in [-0.2, -0.15) is 5.10 Å². The van der Waals surface area contributed by atoms with Crippen molar-refractivity contribution in [2.24, 2.45) is 0 Å². The molecule has 0 N–H and O–H groups in total. The number of amides is 2. The van der Waals surface area contributed by atoms with Gasteiger partial charge in [-0.05, 0) is 38.7 Å². The second-order valence-electron chi connectivity index (χ2n) is 7.39. The maximum Gasteiger partial charge on any atom is 0.245 e. The Hall–Kier alpha value is -2.44. The van der Waals surface area contributed by atoms with Gasteiger partial charge in [0.15, 0.2) is 5.65 Å². The highest BCUT2D eigenvalue weighted by Gasteiger charge is 2.36. The Morgan fingerprint density at radius 3 is 2.65 bits per heavy atom. The molecule has 0 aliphatic carbocycles. The molecular formula is C19H25N5O2. The number of hydrogen-bond acceptors (Lipinski definition) is 4. The van der Waals surface area contributed by atoms with Gasteiger partial charge in [-0.25, -0.2) is 9.50 Å². The fourth-order valence-electron chi connectivity index (χ4n) is 4.31. The Morgan fingerprint density at radius 1 is 1.15 bits per heavy atom. The average Bonchev–Trinajstić information content (AvgIpc) is 3.30. The van der Waals surface area contributed by atoms with Crippen LogP contribution >= 0.6 is 0 Å². The van der Waals surface area contributed by atoms with Crippen LogP contribution in [0.4, 0.5) is 0 Å². The van der Waals surface area contributed by atoms with Crippen LogP contribution in [0.3, 0.4) is 0 Å². The number of nitrogens with zero attached hydrogens (tertiary/aromatic N) is 5. The van der Waals surface area contributed by atoms with Gasteiger partial charge < -0.3 is 9.80 Å². The average molecular weight is 355 g/mol. The molecule has 0 saturated carbocycles. The largest absolute Gasteiger partial charge is 0.341 e. The van der Waals surface area contributed by atoms with E-state index in [2.05, 4.69) is 11.2 Å². The van der Waals surface area contributed by atoms with Crippen LogP contribution in [-0.2, 0) is 9.59 Å². The predicted octanol–water partition coefficient (Wildman–Crippen LogP) is 1.75. The highest BCUT2D eigenvalue weighted by atomic mass is 16.2. The van der Waals surface area contributed by atoms with Crippen LogP contribution in [0, 0.1) is 6.92 Å². The Morgan fingerprint density at radius 2 is 1.92 bits per heavy atom. The SMILES string of the molecule is CC(=O)N1CCC[C@@H]1C(=O)N1CCC(c2cc(C)n3nccc3n2)CC1. The number of carbonyl (C=O) groups excluding carboxylic acids is 2. The second-order valence-corrected chi connectivity index (χ2v) is 7.39. The quantitative estimate of drug-likeness (QED) is 0.823. The lowest BCUT2D eigenvalue weighted by Crippen LogP contribution is -2.49. The number of aromatic nitrogens is 3. The summed E-state index contributed by atoms with van der Waals surface area (Å²) in [5.41, 5.74) is 3.05. The van der Waals surface area contributed by atoms with Gasteiger partial charge in [0, 0.05) is 49.9 Å². The molecule has 2 aromatic rings. The third-order valence-corrected chi connectivity index (χ3v) is 5.72. The second kappa shape index (κ2) is 6.70. The van der Waals surface area contributed by atoms with Crippen molar-refractivity contribution in [1.29, 1.82) is 0 Å². The summed E-state index contributed by atoms with van der Waals surface area (Å²) >= 11 is 0. The standard InChI is InChI=1S/C19H25N5O2/c1-13-12-16(21-18-5-8-20-24(13)18)15-6-10-22(11-7-15)19(26)17-4-3-9-23(17)14(2)25/h5,8,12,15,17H,3-4,6-7,9-11H2,1-2H3/t17-/m1/s1. The molecule has 2 fully saturated rings. The molecule has 138 valence electrons. The van der Waals surface area contributed by atoms with Gasteiger partial charge in [0.1, 0.15) is 6.04 Å². The molecule has 2 amide bonds. The first kappa shape index (κ1) is 17.0. The molecule has 7 heteroatoms. The third kappa shape index (κ3) is 2.95. The minimum Gasteiger partial charge on any atom is -0.341 e. The Balaban J connectivity index is 1.43. The monoisotopic (exact) mass is 355 g/mol. The number of rotatable bonds is 2. The first-order valence-electron chi connectivity index (χ1n) is 9.42. The maximum absolute atomic E-state index is 12.9. The summed E-state index contributed by atoms with van der Waals surface area (Å²) in [5.74, 6) is 0.487. The lowest BCUT2D eigenvalue weighted by atomic mass is 9.92. The number of aryl methyl sites for hydroxylation is 1. The van der Waals surface area contributed by atoms with Gasteiger partial charge in [0.2, 0.25) is 11.8 Å². The minimum atomic E-state index is -0.257. The fraction of sp³-hybridized carbons (Fsp3) is 0.579. The lowest BCUT2D eigenvalue weighted by Gasteiger charge is -2.35. The smallest absolute Gasteiger partial charge is 0.245 e. The van der Waals surface area contributed by atoms with E-state index in [1.165, 1.54) is 0 Å². The molecule has 4 rings (SSSR count). The molecule has 7 nitrogen and oxygen atoms in total. The van der Waals surface area contributed by atoms with Crippen LogP contribution in [0.25, 0.3) is 5.65 Å². The van der Waals surface area contributed by atoms with E-state index in [-0.39, 0.29) is 17.9 Å². The van der Waals surface area contributed by atoms with Crippen LogP contribution < -0.4 is 0 Å². The van der Waals surface area contributed by atoms with Gasteiger partial charge in [-0.3, -0.25) is 9.59 Å². The molecule has 2 aliphatic rings. The normalized spacial score (nSPS) is 21.5. The highest BCUT2D eigenvalue weighted by molar-refractivity contribution is 5.87. The summed E-state index contributed by atoms with van der Waals surface area (Å²) < 4.78 is 1.85. The van der Waals surface area contributed by atoms with E-state index < -0.39 is 0 Å². The number of piperidine rings is 1. The van der Waals surface area contributed by atoms with Crippen molar-refractivity contribution in [3.05, 3.63) is 29.7 Å². The topological polar surface area (TPSA) is 70.8 Å². The van der Waals surface area contributed by atoms with E-state index in [4.69, 9.17) is 4.98 Å². The molecule has 1 atom stereocenters. The molecule has 0 radical (unpaired) electrons. The van der Waals surface area contributed by atoms with Gasteiger partial charge in [0.05, 0.1) is 6.20 Å². The zero-order chi connectivity index (χ0) is 18.3. The van der Waals surface area contributed by atoms with Crippen molar-refractivity contribution in [3.63, 3.8) is 0 Å². The molecule has 2 aliphatic heterocycles. The van der Waals surface area contributed by atoms with E-state index in [1.807, 2.05) is 22.4 Å². The Bertz CT molecular complexity index is 838. The summed E-state index contributed by atoms with van der Waals surface area (Å²) in [7, 11) is 0. The number of likely N-dealkylation sites (tertiary alicyclic amines) is 2. The summed E-state index contributed by atoms with van der Waals surface area (Å²) in [5, 5.41) is 4.27. The molecular weight excluding hydrogens is 330 g/mol. The summed E-state index contributed by atoms with van der Waals surface area (Å²) in [4.78, 5) is 33.0. The fourth-order valence-corrected chi connectivity index (χ4v) is 4.31. The van der Waals surface area contributed by atoms with E-state index in [0.29, 0.717) is 12.5 Å². The van der Waals surface area contributed by atoms with Crippen LogP contribution in [0.1, 0.15) is 49.9 Å². The van der Waals surface area contributed by atoms with E-state index in [9.17, 15) is 9.59 Å². The molecule has 4 heterocycles. The van der Waals surface area contributed by atoms with E-state index in [0.717, 1.165) is 55.8 Å². The van der Waals surface area contributed by atoms with E-state index >= 15 is 0 Å². The van der Waals surface area contributed by atoms with E-state index in [1.54, 1.807) is 18.0 Å². The first-order chi connectivity index (χ1) is 12.5. The summed E-state index contributed by atoms with van der Waals surface area (Å²) in [6.07, 6.45) is 5.30. The van der Waals surface area contributed by atoms with Crippen LogP contribution in [0.2, 0.25) is 0 Å². The molecule has 0 aromatic carbocycles. The van der Waals surface area contributed by atoms with Crippen molar-refractivity contribution in [3.8, 4) is 0 Å². The molecule has 2 aromatic heterocycles. The van der Waals surface area contributed by atoms with Crippen molar-refractivity contribution in [2.75, 3.05) is 19.6 Å². The van der Waals surface area contributed by atoms with Crippen molar-refractivity contribution < 1.29 is 9.59 Å². The first-order valence-corrected chi connectivity index (χ1v) is 9.42. The van der Waals surface area contributed by atoms with Gasteiger partial charge in [-0.15, -0.1) is 0 Å². The summed E-state index contributed by atoms with van der Waals surface area (Å²) in [6, 6.07) is 3.77. The van der Waals surface area contributed by atoms with Crippen LogP contribution in [-0.4, -0.2) is 61.9 Å². The van der Waals surface area contributed by atoms with Gasteiger partial charge >= 0.3 is 0 Å². The zero-order valence-electron chi connectivity index (χ0n) is 15.4. The number of carbonyl (C=O) groups is 2. The van der Waals surface area contributed by atoms with Crippen molar-refractivity contribution in [1.82, 2.24) is 24.4 Å². The highest BCUT2D eigenvalue weighted by Crippen LogP contribution is 2.29. The molecule has 0 spiro atoms. The summed E-state index contributed by atoms with van der Waals surface area (Å²) in [6.45, 7) is 5.77. The van der Waals surface area contributed by atoms with Crippen molar-refractivity contribution >= 4 is 17.5 Å². The Kier molecular flexibility index (Phi) is 4.38. The minimum absolute atomic E-state index is 0.00419. The zero-order valence-corrected chi connectivity index (χ0v) is 15.4. The lowest BCUT2D eigenvalue weighted by molar-refractivity contribution is -0.143. The Labute approximate surface area is 153 Å². The van der Waals surface area contributed by atoms with Crippen molar-refractivity contribution in [2.45, 2.75) is 51.5 Å².